The highest BCUT2D eigenvalue weighted by Gasteiger charge is 2.42. The first-order valence-corrected chi connectivity index (χ1v) is 7.11. The van der Waals surface area contributed by atoms with E-state index in [1.807, 2.05) is 44.2 Å². The molecular formula is C16H22N2O2. The second-order valence-corrected chi connectivity index (χ2v) is 5.80. The minimum atomic E-state index is -0.510. The molecule has 1 fully saturated rings. The zero-order valence-electron chi connectivity index (χ0n) is 12.1. The highest BCUT2D eigenvalue weighted by atomic mass is 16.1. The van der Waals surface area contributed by atoms with Gasteiger partial charge in [0.1, 0.15) is 0 Å². The van der Waals surface area contributed by atoms with Crippen LogP contribution in [0.15, 0.2) is 30.3 Å². The molecule has 20 heavy (non-hydrogen) atoms. The van der Waals surface area contributed by atoms with E-state index in [1.165, 1.54) is 0 Å². The van der Waals surface area contributed by atoms with Crippen molar-refractivity contribution in [1.82, 2.24) is 4.90 Å². The Hall–Kier alpha value is -1.68. The monoisotopic (exact) mass is 274 g/mol. The third kappa shape index (κ3) is 2.75. The molecule has 0 aromatic heterocycles. The van der Waals surface area contributed by atoms with Gasteiger partial charge in [0.05, 0.1) is 11.5 Å². The first-order valence-electron chi connectivity index (χ1n) is 7.11. The van der Waals surface area contributed by atoms with Gasteiger partial charge in [0, 0.05) is 12.1 Å². The number of carbonyl (C=O) groups excluding carboxylic acids is 2. The first kappa shape index (κ1) is 14.7. The molecule has 1 aromatic carbocycles. The van der Waals surface area contributed by atoms with Gasteiger partial charge in [-0.3, -0.25) is 14.5 Å². The summed E-state index contributed by atoms with van der Waals surface area (Å²) in [6.45, 7) is 5.20. The first-order chi connectivity index (χ1) is 9.48. The third-order valence-corrected chi connectivity index (χ3v) is 4.29. The Bertz CT molecular complexity index is 500. The molecule has 0 aliphatic carbocycles. The van der Waals surface area contributed by atoms with Crippen LogP contribution in [0.3, 0.4) is 0 Å². The highest BCUT2D eigenvalue weighted by Crippen LogP contribution is 2.32. The third-order valence-electron chi connectivity index (χ3n) is 4.29. The predicted molar refractivity (Wildman–Crippen MR) is 78.3 cm³/mol. The van der Waals surface area contributed by atoms with Gasteiger partial charge < -0.3 is 5.73 Å². The van der Waals surface area contributed by atoms with Crippen molar-refractivity contribution in [2.45, 2.75) is 32.7 Å². The van der Waals surface area contributed by atoms with Crippen LogP contribution < -0.4 is 5.73 Å². The summed E-state index contributed by atoms with van der Waals surface area (Å²) < 4.78 is 0. The number of ketones is 1. The standard InChI is InChI=1S/C16H22N2O2/c1-3-13(14(19)12-7-5-4-6-8-12)18-10-9-16(2,11-18)15(17)20/h4-8,13H,3,9-11H2,1-2H3,(H2,17,20). The summed E-state index contributed by atoms with van der Waals surface area (Å²) in [6, 6.07) is 9.16. The molecule has 2 unspecified atom stereocenters. The topological polar surface area (TPSA) is 63.4 Å². The molecule has 1 aliphatic rings. The number of rotatable bonds is 5. The van der Waals surface area contributed by atoms with Crippen LogP contribution in [0, 0.1) is 5.41 Å². The lowest BCUT2D eigenvalue weighted by Gasteiger charge is -2.27. The maximum atomic E-state index is 12.6. The average Bonchev–Trinajstić information content (AvgIpc) is 2.84. The molecule has 2 N–H and O–H groups in total. The van der Waals surface area contributed by atoms with Crippen molar-refractivity contribution in [1.29, 1.82) is 0 Å². The van der Waals surface area contributed by atoms with Crippen molar-refractivity contribution >= 4 is 11.7 Å². The van der Waals surface area contributed by atoms with Crippen LogP contribution in [0.4, 0.5) is 0 Å². The number of likely N-dealkylation sites (tertiary alicyclic amines) is 1. The number of Topliss-reactive ketones (excluding diaryl/α,β-unsaturated/α-hetero) is 1. The van der Waals surface area contributed by atoms with E-state index in [2.05, 4.69) is 4.90 Å². The molecule has 4 nitrogen and oxygen atoms in total. The summed E-state index contributed by atoms with van der Waals surface area (Å²) in [6.07, 6.45) is 1.46. The summed E-state index contributed by atoms with van der Waals surface area (Å²) in [5.41, 5.74) is 5.69. The summed E-state index contributed by atoms with van der Waals surface area (Å²) >= 11 is 0. The molecule has 0 spiro atoms. The number of amides is 1. The summed E-state index contributed by atoms with van der Waals surface area (Å²) in [5.74, 6) is -0.149. The Balaban J connectivity index is 2.14. The highest BCUT2D eigenvalue weighted by molar-refractivity contribution is 6.00. The van der Waals surface area contributed by atoms with Gasteiger partial charge in [0.25, 0.3) is 0 Å². The van der Waals surface area contributed by atoms with Crippen molar-refractivity contribution < 1.29 is 9.59 Å². The largest absolute Gasteiger partial charge is 0.369 e. The Labute approximate surface area is 119 Å². The zero-order chi connectivity index (χ0) is 14.8. The van der Waals surface area contributed by atoms with Gasteiger partial charge in [0.15, 0.2) is 5.78 Å². The molecule has 0 bridgehead atoms. The van der Waals surface area contributed by atoms with E-state index >= 15 is 0 Å². The van der Waals surface area contributed by atoms with Crippen LogP contribution in [0.5, 0.6) is 0 Å². The van der Waals surface area contributed by atoms with Crippen LogP contribution in [0.25, 0.3) is 0 Å². The molecule has 1 saturated heterocycles. The fourth-order valence-electron chi connectivity index (χ4n) is 2.87. The van der Waals surface area contributed by atoms with E-state index in [1.54, 1.807) is 0 Å². The van der Waals surface area contributed by atoms with Crippen molar-refractivity contribution in [2.75, 3.05) is 13.1 Å². The number of nitrogens with two attached hydrogens (primary N) is 1. The lowest BCUT2D eigenvalue weighted by Crippen LogP contribution is -2.43. The van der Waals surface area contributed by atoms with Crippen molar-refractivity contribution in [2.24, 2.45) is 11.1 Å². The quantitative estimate of drug-likeness (QED) is 0.833. The van der Waals surface area contributed by atoms with E-state index in [0.29, 0.717) is 6.54 Å². The van der Waals surface area contributed by atoms with Crippen molar-refractivity contribution in [3.8, 4) is 0 Å². The van der Waals surface area contributed by atoms with Crippen LogP contribution >= 0.6 is 0 Å². The molecule has 2 rings (SSSR count). The SMILES string of the molecule is CCC(C(=O)c1ccccc1)N1CCC(C)(C(N)=O)C1. The maximum Gasteiger partial charge on any atom is 0.224 e. The fraction of sp³-hybridized carbons (Fsp3) is 0.500. The second-order valence-electron chi connectivity index (χ2n) is 5.80. The number of hydrogen-bond donors (Lipinski definition) is 1. The van der Waals surface area contributed by atoms with Gasteiger partial charge >= 0.3 is 0 Å². The molecule has 1 aliphatic heterocycles. The minimum absolute atomic E-state index is 0.127. The van der Waals surface area contributed by atoms with Crippen LogP contribution in [0.1, 0.15) is 37.0 Å². The molecular weight excluding hydrogens is 252 g/mol. The van der Waals surface area contributed by atoms with Crippen molar-refractivity contribution in [3.05, 3.63) is 35.9 Å². The fourth-order valence-corrected chi connectivity index (χ4v) is 2.87. The summed E-state index contributed by atoms with van der Waals surface area (Å²) in [5, 5.41) is 0. The lowest BCUT2D eigenvalue weighted by molar-refractivity contribution is -0.126. The molecule has 108 valence electrons. The van der Waals surface area contributed by atoms with Gasteiger partial charge in [-0.25, -0.2) is 0 Å². The van der Waals surface area contributed by atoms with Crippen molar-refractivity contribution in [3.63, 3.8) is 0 Å². The molecule has 1 amide bonds. The molecule has 1 heterocycles. The second kappa shape index (κ2) is 5.75. The maximum absolute atomic E-state index is 12.6. The molecule has 1 aromatic rings. The van der Waals surface area contributed by atoms with Gasteiger partial charge in [-0.1, -0.05) is 37.3 Å². The number of carbonyl (C=O) groups is 2. The van der Waals surface area contributed by atoms with Gasteiger partial charge in [-0.15, -0.1) is 0 Å². The van der Waals surface area contributed by atoms with Gasteiger partial charge in [0.2, 0.25) is 5.91 Å². The summed E-state index contributed by atoms with van der Waals surface area (Å²) in [4.78, 5) is 26.2. The average molecular weight is 274 g/mol. The number of nitrogens with zero attached hydrogens (tertiary/aromatic N) is 1. The Kier molecular flexibility index (Phi) is 4.23. The number of primary amides is 1. The predicted octanol–water partition coefficient (Wildman–Crippen LogP) is 1.85. The van der Waals surface area contributed by atoms with Gasteiger partial charge in [-0.2, -0.15) is 0 Å². The van der Waals surface area contributed by atoms with E-state index in [4.69, 9.17) is 5.73 Å². The van der Waals surface area contributed by atoms with Crippen LogP contribution in [-0.4, -0.2) is 35.7 Å². The molecule has 4 heteroatoms. The van der Waals surface area contributed by atoms with Crippen LogP contribution in [0.2, 0.25) is 0 Å². The Morgan fingerprint density at radius 2 is 2.00 bits per heavy atom. The normalized spacial score (nSPS) is 24.5. The Morgan fingerprint density at radius 3 is 2.50 bits per heavy atom. The molecule has 0 radical (unpaired) electrons. The van der Waals surface area contributed by atoms with E-state index in [0.717, 1.165) is 24.9 Å². The van der Waals surface area contributed by atoms with E-state index < -0.39 is 5.41 Å². The zero-order valence-corrected chi connectivity index (χ0v) is 12.1. The van der Waals surface area contributed by atoms with E-state index in [9.17, 15) is 9.59 Å². The van der Waals surface area contributed by atoms with Gasteiger partial charge in [-0.05, 0) is 26.3 Å². The number of benzene rings is 1. The van der Waals surface area contributed by atoms with E-state index in [-0.39, 0.29) is 17.7 Å². The minimum Gasteiger partial charge on any atom is -0.369 e. The molecule has 2 atom stereocenters. The lowest BCUT2D eigenvalue weighted by atomic mass is 9.89. The number of hydrogen-bond acceptors (Lipinski definition) is 3. The smallest absolute Gasteiger partial charge is 0.224 e. The molecule has 0 saturated carbocycles. The Morgan fingerprint density at radius 1 is 1.35 bits per heavy atom. The van der Waals surface area contributed by atoms with Crippen LogP contribution in [-0.2, 0) is 4.79 Å². The summed E-state index contributed by atoms with van der Waals surface area (Å²) in [7, 11) is 0.